The quantitative estimate of drug-likeness (QED) is 0.0315. The van der Waals surface area contributed by atoms with Gasteiger partial charge >= 0.3 is 24.2 Å². The molecule has 0 aliphatic carbocycles. The van der Waals surface area contributed by atoms with E-state index < -0.39 is 17.9 Å². The Labute approximate surface area is 680 Å². The molecule has 1 saturated heterocycles. The number of ether oxygens (including phenoxy) is 2. The van der Waals surface area contributed by atoms with E-state index in [-0.39, 0.29) is 23.5 Å². The summed E-state index contributed by atoms with van der Waals surface area (Å²) in [6, 6.07) is 70.2. The Bertz CT molecular complexity index is 6210. The number of hydrogen-bond donors (Lipinski definition) is 15. The summed E-state index contributed by atoms with van der Waals surface area (Å²) in [5, 5.41) is 66.6. The predicted octanol–water partition coefficient (Wildman–Crippen LogP) is 15.1. The largest absolute Gasteiger partial charge is 0.449 e. The third-order valence-electron chi connectivity index (χ3n) is 18.8. The fraction of sp³-hybridized carbons (Fsp3) is 0.149. The molecule has 32 nitrogen and oxygen atoms in total. The van der Waals surface area contributed by atoms with Crippen molar-refractivity contribution in [2.45, 2.75) is 33.7 Å². The summed E-state index contributed by atoms with van der Waals surface area (Å²) < 4.78 is 10.6. The highest BCUT2D eigenvalue weighted by atomic mass is 16.5. The van der Waals surface area contributed by atoms with Gasteiger partial charge in [-0.1, -0.05) is 118 Å². The van der Waals surface area contributed by atoms with E-state index in [9.17, 15) is 28.8 Å². The normalized spacial score (nSPS) is 11.9. The van der Waals surface area contributed by atoms with Crippen LogP contribution in [0.15, 0.2) is 243 Å². The van der Waals surface area contributed by atoms with Crippen molar-refractivity contribution in [1.29, 1.82) is 0 Å². The number of carbonyl (C=O) groups excluding carboxylic acids is 6. The Hall–Kier alpha value is -15.7. The third kappa shape index (κ3) is 21.2. The first-order chi connectivity index (χ1) is 57.8. The molecule has 0 spiro atoms. The number of carbonyl (C=O) groups is 6. The van der Waals surface area contributed by atoms with Gasteiger partial charge in [0.2, 0.25) is 11.8 Å². The Morgan fingerprint density at radius 3 is 1.24 bits per heavy atom. The van der Waals surface area contributed by atoms with Crippen molar-refractivity contribution in [3.8, 4) is 67.8 Å². The Kier molecular flexibility index (Phi) is 25.2. The summed E-state index contributed by atoms with van der Waals surface area (Å²) in [4.78, 5) is 82.6. The standard InChI is InChI=1S/C23H19N7O.C22H17N7O.C22H26N6O3.C20H22N4O3/c31-23(24-13-15-5-2-1-3-6-15)27-18-8-4-7-16(11-18)21-19-12-17(22-25-14-26-30-22)9-10-20(19)28-29-21;30-22(25-16-6-2-1-3-7-16)26-17-8-4-5-14(11-17)20-18-12-15(21-23-13-24-29-21)9-10-19(18)27-28-20;23-21(29)16-5-6-19-18(14-16)20(27-26-19)15-3-1-4-17(13-15)25-22(30)24-7-2-8-28-9-11-31-12-10-28;1-20(2,3)11-27-19(26)22-14-6-4-5-12(9-14)17-15-10-13(18(21)25)7-8-16(15)23-24-17/h1-12,14H,13H2,(H,28,29)(H2,24,27,31)(H,25,26,30);1-13H,(H,27,28)(H,23,24,29)(H2,25,26,30);1,3-6,13-14H,2,7-12H2,(H2,23,29)(H,26,27)(H2,24,25,30);4-10H,11H2,1-3H3,(H2,21,25)(H,22,26)(H,23,24). The van der Waals surface area contributed by atoms with Crippen molar-refractivity contribution in [1.82, 2.24) is 86.7 Å². The molecule has 10 aromatic carbocycles. The maximum atomic E-state index is 12.3. The van der Waals surface area contributed by atoms with Crippen molar-refractivity contribution >= 4 is 108 Å². The van der Waals surface area contributed by atoms with Gasteiger partial charge < -0.3 is 52.8 Å². The lowest BCUT2D eigenvalue weighted by molar-refractivity contribution is 0.0375. The van der Waals surface area contributed by atoms with Gasteiger partial charge in [-0.2, -0.15) is 30.6 Å². The molecule has 600 valence electrons. The molecule has 7 heterocycles. The summed E-state index contributed by atoms with van der Waals surface area (Å²) >= 11 is 0. The van der Waals surface area contributed by atoms with E-state index in [0.717, 1.165) is 139 Å². The van der Waals surface area contributed by atoms with Crippen LogP contribution in [0.4, 0.5) is 47.6 Å². The first-order valence-electron chi connectivity index (χ1n) is 38.0. The lowest BCUT2D eigenvalue weighted by Crippen LogP contribution is -2.38. The molecule has 9 amide bonds. The summed E-state index contributed by atoms with van der Waals surface area (Å²) in [6.07, 6.45) is 3.33. The lowest BCUT2D eigenvalue weighted by atomic mass is 9.99. The fourth-order valence-corrected chi connectivity index (χ4v) is 12.9. The number of urea groups is 3. The van der Waals surface area contributed by atoms with Crippen LogP contribution in [0.5, 0.6) is 0 Å². The van der Waals surface area contributed by atoms with E-state index in [4.69, 9.17) is 20.9 Å². The second-order valence-electron chi connectivity index (χ2n) is 28.7. The number of aromatic nitrogens is 14. The van der Waals surface area contributed by atoms with Gasteiger partial charge in [0.1, 0.15) is 12.7 Å². The average molecular weight is 1590 g/mol. The SMILES string of the molecule is CC(C)(C)COC(=O)Nc1cccc(-c2n[nH]c3ccc(C(N)=O)cc23)c1.NC(=O)c1ccc2[nH]nc(-c3cccc(NC(=O)NCCCN4CCOCC4)c3)c2c1.O=C(NCc1ccccc1)Nc1cccc(-c2n[nH]c3ccc(-c4ncn[nH]4)cc23)c1.O=C(Nc1ccccc1)Nc1cccc(-c2n[nH]c3ccc(-c4ncn[nH]4)cc23)c1. The van der Waals surface area contributed by atoms with Gasteiger partial charge in [0, 0.05) is 121 Å². The topological polar surface area (TPSA) is 458 Å². The Morgan fingerprint density at radius 2 is 0.815 bits per heavy atom. The molecule has 32 heteroatoms. The van der Waals surface area contributed by atoms with Gasteiger partial charge in [-0.05, 0) is 157 Å². The molecule has 6 aromatic heterocycles. The van der Waals surface area contributed by atoms with E-state index in [1.54, 1.807) is 48.5 Å². The first-order valence-corrected chi connectivity index (χ1v) is 38.0. The van der Waals surface area contributed by atoms with Gasteiger partial charge in [0.05, 0.1) is 64.7 Å². The molecule has 17 N–H and O–H groups in total. The third-order valence-corrected chi connectivity index (χ3v) is 18.8. The van der Waals surface area contributed by atoms with Gasteiger partial charge in [-0.25, -0.2) is 29.1 Å². The first kappa shape index (κ1) is 79.9. The Balaban J connectivity index is 0.000000130. The predicted molar refractivity (Wildman–Crippen MR) is 459 cm³/mol. The summed E-state index contributed by atoms with van der Waals surface area (Å²) in [6.45, 7) is 11.7. The monoisotopic (exact) mass is 1590 g/mol. The molecule has 17 rings (SSSR count). The van der Waals surface area contributed by atoms with Gasteiger partial charge in [0.25, 0.3) is 0 Å². The van der Waals surface area contributed by atoms with Crippen LogP contribution >= 0.6 is 0 Å². The van der Waals surface area contributed by atoms with Crippen LogP contribution in [-0.2, 0) is 16.0 Å². The highest BCUT2D eigenvalue weighted by molar-refractivity contribution is 6.05. The summed E-state index contributed by atoms with van der Waals surface area (Å²) in [7, 11) is 0. The highest BCUT2D eigenvalue weighted by Gasteiger charge is 2.20. The number of amides is 9. The van der Waals surface area contributed by atoms with Crippen molar-refractivity contribution in [3.63, 3.8) is 0 Å². The average Bonchev–Trinajstić information content (AvgIpc) is 1.66. The number of morpholine rings is 1. The minimum Gasteiger partial charge on any atom is -0.449 e. The molecule has 0 saturated carbocycles. The number of hydrogen-bond acceptors (Lipinski definition) is 17. The number of rotatable bonds is 20. The second kappa shape index (κ2) is 37.5. The zero-order valence-electron chi connectivity index (χ0n) is 64.9. The van der Waals surface area contributed by atoms with E-state index in [1.807, 2.05) is 203 Å². The smallest absolute Gasteiger partial charge is 0.411 e. The second-order valence-corrected chi connectivity index (χ2v) is 28.7. The summed E-state index contributed by atoms with van der Waals surface area (Å²) in [5.41, 5.74) is 27.4. The van der Waals surface area contributed by atoms with Crippen LogP contribution < -0.4 is 48.7 Å². The van der Waals surface area contributed by atoms with Crippen molar-refractivity contribution in [3.05, 3.63) is 260 Å². The molecule has 0 atom stereocenters. The van der Waals surface area contributed by atoms with Crippen LogP contribution in [0, 0.1) is 5.41 Å². The number of para-hydroxylation sites is 1. The van der Waals surface area contributed by atoms with Crippen LogP contribution in [0.3, 0.4) is 0 Å². The molecular formula is C87H84N24O8. The molecule has 1 aliphatic heterocycles. The zero-order valence-corrected chi connectivity index (χ0v) is 64.9. The van der Waals surface area contributed by atoms with Crippen molar-refractivity contribution in [2.75, 3.05) is 72.6 Å². The minimum absolute atomic E-state index is 0.106. The number of benzene rings is 10. The maximum Gasteiger partial charge on any atom is 0.411 e. The minimum atomic E-state index is -0.509. The van der Waals surface area contributed by atoms with Gasteiger partial charge in [-0.15, -0.1) is 0 Å². The molecule has 119 heavy (non-hydrogen) atoms. The molecule has 0 radical (unpaired) electrons. The van der Waals surface area contributed by atoms with Crippen LogP contribution in [-0.4, -0.2) is 158 Å². The molecular weight excluding hydrogens is 1510 g/mol. The number of aromatic amines is 6. The number of nitrogens with zero attached hydrogens (tertiary/aromatic N) is 9. The molecule has 1 aliphatic rings. The summed E-state index contributed by atoms with van der Waals surface area (Å²) in [5.74, 6) is 0.396. The van der Waals surface area contributed by atoms with Crippen LogP contribution in [0.25, 0.3) is 111 Å². The number of nitrogens with one attached hydrogen (secondary N) is 13. The maximum absolute atomic E-state index is 12.3. The molecule has 16 aromatic rings. The number of primary amides is 2. The number of nitrogens with two attached hydrogens (primary N) is 2. The molecule has 1 fully saturated rings. The van der Waals surface area contributed by atoms with E-state index in [2.05, 4.69) is 113 Å². The van der Waals surface area contributed by atoms with Crippen molar-refractivity contribution in [2.24, 2.45) is 16.9 Å². The van der Waals surface area contributed by atoms with Gasteiger partial charge in [0.15, 0.2) is 11.6 Å². The van der Waals surface area contributed by atoms with E-state index in [1.165, 1.54) is 12.7 Å². The lowest BCUT2D eigenvalue weighted by Gasteiger charge is -2.26. The van der Waals surface area contributed by atoms with Crippen LogP contribution in [0.2, 0.25) is 0 Å². The van der Waals surface area contributed by atoms with E-state index in [0.29, 0.717) is 76.6 Å². The molecule has 0 bridgehead atoms. The zero-order chi connectivity index (χ0) is 82.6. The van der Waals surface area contributed by atoms with Gasteiger partial charge in [-0.3, -0.25) is 50.4 Å². The number of fused-ring (bicyclic) bond motifs is 4. The fourth-order valence-electron chi connectivity index (χ4n) is 12.9. The highest BCUT2D eigenvalue weighted by Crippen LogP contribution is 2.35. The molecule has 0 unspecified atom stereocenters. The number of anilines is 5. The van der Waals surface area contributed by atoms with E-state index >= 15 is 0 Å². The number of H-pyrrole nitrogens is 6. The van der Waals surface area contributed by atoms with Crippen LogP contribution in [0.1, 0.15) is 53.5 Å². The van der Waals surface area contributed by atoms with Crippen molar-refractivity contribution < 1.29 is 38.2 Å². The Morgan fingerprint density at radius 1 is 0.420 bits per heavy atom.